The van der Waals surface area contributed by atoms with E-state index in [0.29, 0.717) is 46.6 Å². The zero-order valence-corrected chi connectivity index (χ0v) is 18.3. The van der Waals surface area contributed by atoms with E-state index in [2.05, 4.69) is 15.2 Å². The van der Waals surface area contributed by atoms with Crippen LogP contribution in [0.1, 0.15) is 18.1 Å². The Bertz CT molecular complexity index is 1380. The number of H-pyrrole nitrogens is 1. The molecule has 1 atom stereocenters. The van der Waals surface area contributed by atoms with Gasteiger partial charge in [-0.1, -0.05) is 24.3 Å². The zero-order valence-electron chi connectivity index (χ0n) is 17.5. The maximum absolute atomic E-state index is 14.2. The number of nitrogens with zero attached hydrogens (tertiary/aromatic N) is 1. The number of anilines is 1. The molecule has 0 radical (unpaired) electrons. The number of halogens is 1. The molecule has 164 valence electrons. The number of carbonyl (C=O) groups is 1. The van der Waals surface area contributed by atoms with Crippen molar-refractivity contribution in [3.8, 4) is 5.75 Å². The van der Waals surface area contributed by atoms with Crippen LogP contribution in [0, 0.1) is 5.82 Å². The SMILES string of the molecule is CC1NC/C(=c2/[nH]c(=O)/c(=C/c3ccc4c(c3)N(Cc3ccccc3F)CCO4)s2)C1=O. The molecule has 6 nitrogen and oxygen atoms in total. The van der Waals surface area contributed by atoms with Crippen LogP contribution in [0.15, 0.2) is 47.3 Å². The van der Waals surface area contributed by atoms with E-state index >= 15 is 0 Å². The Balaban J connectivity index is 1.51. The van der Waals surface area contributed by atoms with Crippen molar-refractivity contribution < 1.29 is 13.9 Å². The van der Waals surface area contributed by atoms with Crippen LogP contribution in [0.2, 0.25) is 0 Å². The van der Waals surface area contributed by atoms with Crippen molar-refractivity contribution in [1.29, 1.82) is 0 Å². The molecule has 0 spiro atoms. The molecule has 5 rings (SSSR count). The fourth-order valence-corrected chi connectivity index (χ4v) is 4.99. The summed E-state index contributed by atoms with van der Waals surface area (Å²) in [6, 6.07) is 12.2. The summed E-state index contributed by atoms with van der Waals surface area (Å²) in [6.07, 6.45) is 1.81. The van der Waals surface area contributed by atoms with Gasteiger partial charge in [0.2, 0.25) is 0 Å². The Morgan fingerprint density at radius 2 is 2.09 bits per heavy atom. The van der Waals surface area contributed by atoms with Crippen LogP contribution < -0.4 is 29.7 Å². The first-order valence-corrected chi connectivity index (χ1v) is 11.3. The number of Topliss-reactive ketones (excluding diaryl/α,β-unsaturated/α-hetero) is 1. The predicted molar refractivity (Wildman–Crippen MR) is 123 cm³/mol. The van der Waals surface area contributed by atoms with E-state index < -0.39 is 0 Å². The molecule has 1 unspecified atom stereocenters. The second kappa shape index (κ2) is 8.37. The Morgan fingerprint density at radius 1 is 1.25 bits per heavy atom. The Morgan fingerprint density at radius 3 is 2.88 bits per heavy atom. The van der Waals surface area contributed by atoms with E-state index in [9.17, 15) is 14.0 Å². The van der Waals surface area contributed by atoms with E-state index in [1.165, 1.54) is 17.4 Å². The number of carbonyl (C=O) groups excluding carboxylic acids is 1. The molecule has 8 heteroatoms. The van der Waals surface area contributed by atoms with Crippen LogP contribution in [-0.4, -0.2) is 36.5 Å². The lowest BCUT2D eigenvalue weighted by Crippen LogP contribution is -2.32. The van der Waals surface area contributed by atoms with Gasteiger partial charge in [-0.05, 0) is 36.8 Å². The molecule has 32 heavy (non-hydrogen) atoms. The first-order chi connectivity index (χ1) is 15.5. The van der Waals surface area contributed by atoms with Crippen LogP contribution in [0.25, 0.3) is 11.6 Å². The monoisotopic (exact) mass is 451 g/mol. The fourth-order valence-electron chi connectivity index (χ4n) is 3.99. The van der Waals surface area contributed by atoms with E-state index in [1.807, 2.05) is 31.2 Å². The van der Waals surface area contributed by atoms with E-state index in [1.54, 1.807) is 18.2 Å². The average Bonchev–Trinajstić information content (AvgIpc) is 3.31. The third kappa shape index (κ3) is 3.87. The third-order valence-corrected chi connectivity index (χ3v) is 6.85. The highest BCUT2D eigenvalue weighted by atomic mass is 32.1. The lowest BCUT2D eigenvalue weighted by Gasteiger charge is -2.31. The standard InChI is InChI=1S/C24H22FN3O3S/c1-14-22(29)17(12-26-14)24-27-23(30)21(32-24)11-15-6-7-20-19(10-15)28(8-9-31-20)13-16-4-2-3-5-18(16)25/h2-7,10-11,14,26H,8-9,12-13H2,1H3,(H,27,30)/b21-11-,24-17+. The van der Waals surface area contributed by atoms with Crippen LogP contribution in [0.3, 0.4) is 0 Å². The lowest BCUT2D eigenvalue weighted by atomic mass is 10.1. The first kappa shape index (κ1) is 20.7. The molecule has 1 aromatic heterocycles. The van der Waals surface area contributed by atoms with Crippen molar-refractivity contribution in [3.05, 3.63) is 79.0 Å². The molecule has 1 saturated heterocycles. The number of thiazole rings is 1. The minimum Gasteiger partial charge on any atom is -0.490 e. The number of aromatic amines is 1. The number of rotatable bonds is 3. The van der Waals surface area contributed by atoms with Gasteiger partial charge in [0.15, 0.2) is 5.78 Å². The zero-order chi connectivity index (χ0) is 22.2. The van der Waals surface area contributed by atoms with Gasteiger partial charge in [0.1, 0.15) is 22.8 Å². The number of fused-ring (bicyclic) bond motifs is 1. The molecule has 2 N–H and O–H groups in total. The number of hydrogen-bond acceptors (Lipinski definition) is 6. The van der Waals surface area contributed by atoms with E-state index in [0.717, 1.165) is 17.0 Å². The highest BCUT2D eigenvalue weighted by molar-refractivity contribution is 7.07. The lowest BCUT2D eigenvalue weighted by molar-refractivity contribution is -0.114. The predicted octanol–water partition coefficient (Wildman–Crippen LogP) is 1.51. The Kier molecular flexibility index (Phi) is 5.40. The van der Waals surface area contributed by atoms with Crippen LogP contribution in [-0.2, 0) is 11.3 Å². The Hall–Kier alpha value is -3.23. The fraction of sp³-hybridized carbons (Fsp3) is 0.250. The van der Waals surface area contributed by atoms with Crippen molar-refractivity contribution in [1.82, 2.24) is 10.3 Å². The van der Waals surface area contributed by atoms with Crippen LogP contribution in [0.4, 0.5) is 10.1 Å². The number of benzene rings is 2. The molecule has 0 saturated carbocycles. The van der Waals surface area contributed by atoms with Crippen molar-refractivity contribution in [2.75, 3.05) is 24.6 Å². The quantitative estimate of drug-likeness (QED) is 0.632. The molecule has 2 aliphatic rings. The van der Waals surface area contributed by atoms with Crippen molar-refractivity contribution in [2.45, 2.75) is 19.5 Å². The molecule has 0 amide bonds. The second-order valence-electron chi connectivity index (χ2n) is 7.93. The third-order valence-electron chi connectivity index (χ3n) is 5.77. The summed E-state index contributed by atoms with van der Waals surface area (Å²) in [5, 5.41) is 3.10. The second-order valence-corrected chi connectivity index (χ2v) is 8.98. The average molecular weight is 452 g/mol. The molecular formula is C24H22FN3O3S. The molecular weight excluding hydrogens is 429 g/mol. The van der Waals surface area contributed by atoms with Gasteiger partial charge in [-0.2, -0.15) is 0 Å². The summed E-state index contributed by atoms with van der Waals surface area (Å²) in [5.41, 5.74) is 2.71. The summed E-state index contributed by atoms with van der Waals surface area (Å²) in [5.74, 6) is 0.519. The maximum atomic E-state index is 14.2. The van der Waals surface area contributed by atoms with Gasteiger partial charge in [0.05, 0.1) is 22.8 Å². The van der Waals surface area contributed by atoms with Gasteiger partial charge in [-0.3, -0.25) is 9.59 Å². The largest absolute Gasteiger partial charge is 0.490 e. The summed E-state index contributed by atoms with van der Waals surface area (Å²) >= 11 is 1.28. The smallest absolute Gasteiger partial charge is 0.266 e. The molecule has 3 heterocycles. The molecule has 2 aliphatic heterocycles. The van der Waals surface area contributed by atoms with Gasteiger partial charge in [-0.25, -0.2) is 4.39 Å². The minimum absolute atomic E-state index is 0.0174. The molecule has 0 aliphatic carbocycles. The first-order valence-electron chi connectivity index (χ1n) is 10.5. The van der Waals surface area contributed by atoms with Gasteiger partial charge < -0.3 is 19.9 Å². The van der Waals surface area contributed by atoms with Gasteiger partial charge in [-0.15, -0.1) is 11.3 Å². The summed E-state index contributed by atoms with van der Waals surface area (Å²) in [4.78, 5) is 29.7. The Labute approximate surface area is 187 Å². The molecule has 3 aromatic rings. The maximum Gasteiger partial charge on any atom is 0.266 e. The normalized spacial score (nSPS) is 20.4. The number of hydrogen-bond donors (Lipinski definition) is 2. The van der Waals surface area contributed by atoms with E-state index in [4.69, 9.17) is 4.74 Å². The van der Waals surface area contributed by atoms with Gasteiger partial charge >= 0.3 is 0 Å². The van der Waals surface area contributed by atoms with Crippen molar-refractivity contribution in [3.63, 3.8) is 0 Å². The number of ether oxygens (including phenoxy) is 1. The van der Waals surface area contributed by atoms with Gasteiger partial charge in [0.25, 0.3) is 5.56 Å². The minimum atomic E-state index is -0.233. The number of nitrogens with one attached hydrogen (secondary N) is 2. The summed E-state index contributed by atoms with van der Waals surface area (Å²) in [6.45, 7) is 3.87. The molecule has 2 aromatic carbocycles. The molecule has 1 fully saturated rings. The highest BCUT2D eigenvalue weighted by Gasteiger charge is 2.26. The van der Waals surface area contributed by atoms with Crippen molar-refractivity contribution in [2.24, 2.45) is 0 Å². The van der Waals surface area contributed by atoms with Crippen molar-refractivity contribution >= 4 is 34.5 Å². The summed E-state index contributed by atoms with van der Waals surface area (Å²) < 4.78 is 21.1. The topological polar surface area (TPSA) is 74.4 Å². The van der Waals surface area contributed by atoms with E-state index in [-0.39, 0.29) is 23.2 Å². The van der Waals surface area contributed by atoms with Crippen LogP contribution >= 0.6 is 11.3 Å². The summed E-state index contributed by atoms with van der Waals surface area (Å²) in [7, 11) is 0. The number of ketones is 1. The number of aromatic nitrogens is 1. The highest BCUT2D eigenvalue weighted by Crippen LogP contribution is 2.34. The van der Waals surface area contributed by atoms with Gasteiger partial charge in [0, 0.05) is 24.2 Å². The molecule has 0 bridgehead atoms. The van der Waals surface area contributed by atoms with Crippen LogP contribution in [0.5, 0.6) is 5.75 Å².